The molecule has 0 bridgehead atoms. The molecule has 3 aliphatic rings. The van der Waals surface area contributed by atoms with Crippen LogP contribution in [0.4, 0.5) is 24.0 Å². The van der Waals surface area contributed by atoms with Crippen LogP contribution in [-0.2, 0) is 0 Å². The first-order valence-electron chi connectivity index (χ1n) is 16.7. The molecule has 51 heavy (non-hydrogen) atoms. The zero-order valence-corrected chi connectivity index (χ0v) is 31.6. The number of nitrogen functional groups attached to an aromatic ring is 1. The number of anilines is 2. The molecule has 2 unspecified atom stereocenters. The molecule has 3 aliphatic heterocycles. The molecule has 5 aromatic rings. The maximum atomic E-state index is 16.6. The molecule has 2 aromatic carbocycles. The normalized spacial score (nSPS) is 18.5. The summed E-state index contributed by atoms with van der Waals surface area (Å²) in [6.45, 7) is 8.39. The largest absolute Gasteiger partial charge is 0.489 e. The van der Waals surface area contributed by atoms with E-state index < -0.39 is 17.8 Å². The summed E-state index contributed by atoms with van der Waals surface area (Å²) in [5, 5.41) is 10.3. The number of thiophene rings is 1. The second-order valence-corrected chi connectivity index (χ2v) is 14.2. The summed E-state index contributed by atoms with van der Waals surface area (Å²) in [5.41, 5.74) is 6.95. The first-order valence-corrected chi connectivity index (χ1v) is 18.7. The van der Waals surface area contributed by atoms with E-state index >= 15 is 4.39 Å². The minimum atomic E-state index is -0.798. The van der Waals surface area contributed by atoms with Gasteiger partial charge in [0.2, 0.25) is 0 Å². The van der Waals surface area contributed by atoms with Crippen molar-refractivity contribution in [1.82, 2.24) is 19.9 Å². The molecule has 9 nitrogen and oxygen atoms in total. The number of ether oxygens (including phenoxy) is 2. The number of methoxy groups -OCH3 is 1. The molecule has 15 heteroatoms. The summed E-state index contributed by atoms with van der Waals surface area (Å²) >= 11 is 11.3. The fraction of sp³-hybridized carbons (Fsp3) is 0.389. The number of nitrogens with zero attached hydrogens (tertiary/aromatic N) is 6. The second kappa shape index (κ2) is 15.4. The Morgan fingerprint density at radius 2 is 1.98 bits per heavy atom. The van der Waals surface area contributed by atoms with Crippen LogP contribution in [0, 0.1) is 23.0 Å². The molecule has 0 amide bonds. The fourth-order valence-corrected chi connectivity index (χ4v) is 8.91. The summed E-state index contributed by atoms with van der Waals surface area (Å²) in [6, 6.07) is 8.62. The predicted octanol–water partition coefficient (Wildman–Crippen LogP) is 9.24. The van der Waals surface area contributed by atoms with Gasteiger partial charge in [-0.2, -0.15) is 15.2 Å². The van der Waals surface area contributed by atoms with Gasteiger partial charge in [0, 0.05) is 35.3 Å². The van der Waals surface area contributed by atoms with Crippen molar-refractivity contribution in [1.29, 1.82) is 5.26 Å². The van der Waals surface area contributed by atoms with Crippen molar-refractivity contribution < 1.29 is 22.6 Å². The fourth-order valence-electron chi connectivity index (χ4n) is 7.05. The molecule has 3 atom stereocenters. The van der Waals surface area contributed by atoms with Crippen LogP contribution in [0.15, 0.2) is 35.1 Å². The maximum Gasteiger partial charge on any atom is 0.318 e. The lowest BCUT2D eigenvalue weighted by molar-refractivity contribution is 0.292. The van der Waals surface area contributed by atoms with E-state index in [9.17, 15) is 14.0 Å². The monoisotopic (exact) mass is 801 g/mol. The number of rotatable bonds is 4. The average molecular weight is 803 g/mol. The molecule has 2 saturated heterocycles. The number of aromatic nitrogens is 3. The summed E-state index contributed by atoms with van der Waals surface area (Å²) in [5.74, 6) is -0.842. The topological polar surface area (TPSA) is 113 Å². The van der Waals surface area contributed by atoms with Crippen molar-refractivity contribution >= 4 is 70.7 Å². The van der Waals surface area contributed by atoms with Crippen molar-refractivity contribution in [2.45, 2.75) is 58.3 Å². The number of hydrogen-bond acceptors (Lipinski definition) is 10. The van der Waals surface area contributed by atoms with E-state index in [2.05, 4.69) is 35.8 Å². The first-order chi connectivity index (χ1) is 24.6. The van der Waals surface area contributed by atoms with Gasteiger partial charge in [0.05, 0.1) is 40.4 Å². The lowest BCUT2D eigenvalue weighted by Gasteiger charge is -2.30. The van der Waals surface area contributed by atoms with Crippen molar-refractivity contribution in [3.05, 3.63) is 62.8 Å². The van der Waals surface area contributed by atoms with Gasteiger partial charge < -0.3 is 20.1 Å². The lowest BCUT2D eigenvalue weighted by atomic mass is 9.96. The summed E-state index contributed by atoms with van der Waals surface area (Å²) < 4.78 is 56.3. The van der Waals surface area contributed by atoms with E-state index in [1.54, 1.807) is 6.20 Å². The Morgan fingerprint density at radius 1 is 1.20 bits per heavy atom. The van der Waals surface area contributed by atoms with E-state index in [4.69, 9.17) is 26.8 Å². The first kappa shape index (κ1) is 36.9. The molecule has 0 spiro atoms. The van der Waals surface area contributed by atoms with E-state index in [1.165, 1.54) is 32.1 Å². The van der Waals surface area contributed by atoms with Gasteiger partial charge in [-0.15, -0.1) is 11.3 Å². The van der Waals surface area contributed by atoms with Crippen LogP contribution < -0.4 is 20.1 Å². The molecular weight excluding hydrogens is 767 g/mol. The van der Waals surface area contributed by atoms with Gasteiger partial charge in [-0.1, -0.05) is 37.6 Å². The third-order valence-electron chi connectivity index (χ3n) is 9.34. The Morgan fingerprint density at radius 3 is 2.69 bits per heavy atom. The Kier molecular flexibility index (Phi) is 11.1. The molecule has 2 fully saturated rings. The Labute approximate surface area is 311 Å². The van der Waals surface area contributed by atoms with Gasteiger partial charge in [0.15, 0.2) is 11.6 Å². The molecule has 3 aromatic heterocycles. The standard InChI is InChI=1S/C27H18BrClF2N6O2S.C7H12FN.C2H6/c1-11(12-4-3-7-34-24(12)28)37-8-9-39-22-18-21(35-27(38-2)36-26(18)37)20(31)17(19(22)29)13-5-6-15(30)23-16(13)14(10-32)25(33)40-23;8-6-4-7-2-1-3-9(7)5-6;1-2/h3-7,11H,8-9,33H2,1-2H3;6-7H,1-5H2;1-2H3/t11-;;/m1../s1. The van der Waals surface area contributed by atoms with Gasteiger partial charge >= 0.3 is 6.01 Å². The van der Waals surface area contributed by atoms with Crippen LogP contribution in [-0.4, -0.2) is 65.4 Å². The van der Waals surface area contributed by atoms with Crippen LogP contribution in [0.2, 0.25) is 5.02 Å². The highest BCUT2D eigenvalue weighted by Gasteiger charge is 2.35. The third-order valence-corrected chi connectivity index (χ3v) is 11.4. The maximum absolute atomic E-state index is 16.6. The number of benzene rings is 2. The zero-order valence-electron chi connectivity index (χ0n) is 28.4. The highest BCUT2D eigenvalue weighted by Crippen LogP contribution is 2.51. The van der Waals surface area contributed by atoms with Gasteiger partial charge in [0.25, 0.3) is 0 Å². The number of halogens is 5. The number of nitrogens with two attached hydrogens (primary N) is 1. The summed E-state index contributed by atoms with van der Waals surface area (Å²) in [6.07, 6.45) is 4.49. The predicted molar refractivity (Wildman–Crippen MR) is 200 cm³/mol. The molecule has 0 saturated carbocycles. The number of alkyl halides is 1. The minimum Gasteiger partial charge on any atom is -0.489 e. The lowest BCUT2D eigenvalue weighted by Crippen LogP contribution is -2.31. The summed E-state index contributed by atoms with van der Waals surface area (Å²) in [4.78, 5) is 17.5. The smallest absolute Gasteiger partial charge is 0.318 e. The second-order valence-electron chi connectivity index (χ2n) is 12.1. The molecule has 0 aliphatic carbocycles. The SMILES string of the molecule is CC.COc1nc2c3c(c(Cl)c(-c4ccc(F)c5sc(N)c(C#N)c45)c(F)c3n1)OCCN2[C@H](C)c1cccnc1Br.FC1CC2CCCN2C1. The Balaban J connectivity index is 0.000000348. The quantitative estimate of drug-likeness (QED) is 0.178. The van der Waals surface area contributed by atoms with E-state index in [-0.39, 0.29) is 72.1 Å². The van der Waals surface area contributed by atoms with Crippen LogP contribution in [0.25, 0.3) is 32.1 Å². The van der Waals surface area contributed by atoms with Gasteiger partial charge in [-0.05, 0) is 66.4 Å². The van der Waals surface area contributed by atoms with E-state index in [0.29, 0.717) is 29.6 Å². The van der Waals surface area contributed by atoms with Crippen molar-refractivity contribution in [2.24, 2.45) is 0 Å². The van der Waals surface area contributed by atoms with Crippen molar-refractivity contribution in [3.63, 3.8) is 0 Å². The zero-order chi connectivity index (χ0) is 36.6. The van der Waals surface area contributed by atoms with E-state index in [1.807, 2.05) is 43.9 Å². The van der Waals surface area contributed by atoms with Crippen LogP contribution in [0.1, 0.15) is 57.2 Å². The molecule has 268 valence electrons. The van der Waals surface area contributed by atoms with Gasteiger partial charge in [-0.25, -0.2) is 18.2 Å². The van der Waals surface area contributed by atoms with Gasteiger partial charge in [0.1, 0.15) is 45.6 Å². The molecule has 2 N–H and O–H groups in total. The van der Waals surface area contributed by atoms with Crippen LogP contribution >= 0.6 is 38.9 Å². The van der Waals surface area contributed by atoms with Crippen LogP contribution in [0.3, 0.4) is 0 Å². The number of fused-ring (bicyclic) bond motifs is 2. The molecular formula is C36H36BrClF3N7O2S. The Bertz CT molecular complexity index is 2140. The molecule has 0 radical (unpaired) electrons. The highest BCUT2D eigenvalue weighted by atomic mass is 79.9. The highest BCUT2D eigenvalue weighted by molar-refractivity contribution is 9.10. The average Bonchev–Trinajstić information content (AvgIpc) is 3.78. The minimum absolute atomic E-state index is 0.0415. The molecule has 8 rings (SSSR count). The third kappa shape index (κ3) is 6.65. The van der Waals surface area contributed by atoms with Crippen molar-refractivity contribution in [3.8, 4) is 29.0 Å². The Hall–Kier alpha value is -3.90. The van der Waals surface area contributed by atoms with Crippen molar-refractivity contribution in [2.75, 3.05) is 44.0 Å². The number of hydrogen-bond donors (Lipinski definition) is 1. The van der Waals surface area contributed by atoms with Crippen LogP contribution in [0.5, 0.6) is 11.8 Å². The number of pyridine rings is 1. The van der Waals surface area contributed by atoms with E-state index in [0.717, 1.165) is 29.9 Å². The van der Waals surface area contributed by atoms with Gasteiger partial charge in [-0.3, -0.25) is 4.90 Å². The number of nitriles is 1. The molecule has 6 heterocycles. The summed E-state index contributed by atoms with van der Waals surface area (Å²) in [7, 11) is 1.39.